The third kappa shape index (κ3) is 3.10. The van der Waals surface area contributed by atoms with Crippen molar-refractivity contribution >= 4 is 21.4 Å². The van der Waals surface area contributed by atoms with E-state index in [0.717, 1.165) is 24.3 Å². The number of halogens is 3. The first kappa shape index (κ1) is 15.2. The Labute approximate surface area is 119 Å². The fourth-order valence-corrected chi connectivity index (χ4v) is 3.08. The van der Waals surface area contributed by atoms with Crippen LogP contribution in [0.25, 0.3) is 0 Å². The van der Waals surface area contributed by atoms with E-state index in [9.17, 15) is 21.6 Å². The molecule has 21 heavy (non-hydrogen) atoms. The van der Waals surface area contributed by atoms with Crippen LogP contribution in [0, 0.1) is 24.4 Å². The van der Waals surface area contributed by atoms with Crippen LogP contribution in [0.2, 0.25) is 0 Å². The Balaban J connectivity index is 2.48. The number of nitrogen functional groups attached to an aromatic ring is 1. The van der Waals surface area contributed by atoms with Gasteiger partial charge in [0, 0.05) is 17.3 Å². The first-order valence-electron chi connectivity index (χ1n) is 5.74. The molecule has 0 radical (unpaired) electrons. The van der Waals surface area contributed by atoms with Crippen molar-refractivity contribution in [2.75, 3.05) is 10.5 Å². The molecule has 0 saturated heterocycles. The zero-order valence-electron chi connectivity index (χ0n) is 10.8. The molecule has 0 fully saturated rings. The summed E-state index contributed by atoms with van der Waals surface area (Å²) in [5.41, 5.74) is 4.73. The fraction of sp³-hybridized carbons (Fsp3) is 0.0769. The van der Waals surface area contributed by atoms with Crippen LogP contribution in [0.1, 0.15) is 5.56 Å². The second-order valence-electron chi connectivity index (χ2n) is 4.36. The molecule has 0 spiro atoms. The number of anilines is 2. The van der Waals surface area contributed by atoms with Crippen molar-refractivity contribution in [2.45, 2.75) is 11.8 Å². The predicted molar refractivity (Wildman–Crippen MR) is 72.7 cm³/mol. The van der Waals surface area contributed by atoms with Crippen molar-refractivity contribution in [3.63, 3.8) is 0 Å². The number of hydrogen-bond acceptors (Lipinski definition) is 3. The minimum atomic E-state index is -4.26. The average molecular weight is 316 g/mol. The second kappa shape index (κ2) is 5.28. The second-order valence-corrected chi connectivity index (χ2v) is 6.01. The molecule has 112 valence electrons. The maximum absolute atomic E-state index is 13.5. The van der Waals surface area contributed by atoms with Gasteiger partial charge in [-0.25, -0.2) is 21.6 Å². The molecule has 0 atom stereocenters. The summed E-state index contributed by atoms with van der Waals surface area (Å²) in [6.07, 6.45) is 0. The van der Waals surface area contributed by atoms with Gasteiger partial charge in [0.1, 0.15) is 17.5 Å². The van der Waals surface area contributed by atoms with E-state index < -0.39 is 38.1 Å². The number of hydrogen-bond donors (Lipinski definition) is 2. The Morgan fingerprint density at radius 1 is 1.05 bits per heavy atom. The van der Waals surface area contributed by atoms with Crippen LogP contribution in [0.15, 0.2) is 35.2 Å². The van der Waals surface area contributed by atoms with E-state index in [1.54, 1.807) is 0 Å². The van der Waals surface area contributed by atoms with Gasteiger partial charge in [0.05, 0.1) is 10.6 Å². The van der Waals surface area contributed by atoms with Crippen molar-refractivity contribution in [2.24, 2.45) is 0 Å². The molecule has 3 N–H and O–H groups in total. The number of benzene rings is 2. The normalized spacial score (nSPS) is 11.4. The Morgan fingerprint density at radius 2 is 1.71 bits per heavy atom. The zero-order valence-corrected chi connectivity index (χ0v) is 11.6. The molecule has 4 nitrogen and oxygen atoms in total. The van der Waals surface area contributed by atoms with Gasteiger partial charge >= 0.3 is 0 Å². The van der Waals surface area contributed by atoms with Crippen LogP contribution in [-0.4, -0.2) is 8.42 Å². The minimum absolute atomic E-state index is 0.0851. The van der Waals surface area contributed by atoms with Crippen LogP contribution in [0.3, 0.4) is 0 Å². The minimum Gasteiger partial charge on any atom is -0.399 e. The highest BCUT2D eigenvalue weighted by molar-refractivity contribution is 7.92. The molecule has 0 saturated carbocycles. The average Bonchev–Trinajstić information content (AvgIpc) is 2.37. The van der Waals surface area contributed by atoms with Crippen molar-refractivity contribution in [1.82, 2.24) is 0 Å². The number of rotatable bonds is 3. The van der Waals surface area contributed by atoms with Gasteiger partial charge in [0.2, 0.25) is 0 Å². The SMILES string of the molecule is Cc1c(F)cc(N)cc1S(=O)(=O)Nc1ccc(F)cc1F. The lowest BCUT2D eigenvalue weighted by molar-refractivity contribution is 0.581. The van der Waals surface area contributed by atoms with Crippen LogP contribution in [0.4, 0.5) is 24.5 Å². The summed E-state index contributed by atoms with van der Waals surface area (Å²) in [5.74, 6) is -2.72. The molecule has 0 aliphatic carbocycles. The van der Waals surface area contributed by atoms with Gasteiger partial charge in [0.15, 0.2) is 0 Å². The highest BCUT2D eigenvalue weighted by Crippen LogP contribution is 2.25. The van der Waals surface area contributed by atoms with Gasteiger partial charge < -0.3 is 5.73 Å². The van der Waals surface area contributed by atoms with Crippen LogP contribution in [-0.2, 0) is 10.0 Å². The standard InChI is InChI=1S/C13H11F3N2O2S/c1-7-10(15)5-9(17)6-13(7)21(19,20)18-12-3-2-8(14)4-11(12)16/h2-6,18H,17H2,1H3. The Morgan fingerprint density at radius 3 is 2.33 bits per heavy atom. The summed E-state index contributed by atoms with van der Waals surface area (Å²) < 4.78 is 66.1. The molecule has 0 bridgehead atoms. The monoisotopic (exact) mass is 316 g/mol. The topological polar surface area (TPSA) is 72.2 Å². The summed E-state index contributed by atoms with van der Waals surface area (Å²) in [4.78, 5) is -0.413. The molecule has 2 aromatic rings. The molecule has 8 heteroatoms. The first-order chi connectivity index (χ1) is 9.70. The predicted octanol–water partition coefficient (Wildman–Crippen LogP) is 2.80. The van der Waals surface area contributed by atoms with Crippen LogP contribution < -0.4 is 10.5 Å². The number of nitrogens with two attached hydrogens (primary N) is 1. The third-order valence-electron chi connectivity index (χ3n) is 2.78. The summed E-state index contributed by atoms with van der Waals surface area (Å²) in [6, 6.07) is 4.40. The van der Waals surface area contributed by atoms with Crippen molar-refractivity contribution in [3.05, 3.63) is 53.3 Å². The van der Waals surface area contributed by atoms with Gasteiger partial charge in [-0.3, -0.25) is 4.72 Å². The van der Waals surface area contributed by atoms with E-state index in [0.29, 0.717) is 6.07 Å². The smallest absolute Gasteiger partial charge is 0.262 e. The molecule has 0 unspecified atom stereocenters. The molecule has 0 amide bonds. The lowest BCUT2D eigenvalue weighted by Gasteiger charge is -2.12. The van der Waals surface area contributed by atoms with E-state index in [1.807, 2.05) is 4.72 Å². The van der Waals surface area contributed by atoms with E-state index >= 15 is 0 Å². The van der Waals surface area contributed by atoms with E-state index in [-0.39, 0.29) is 11.3 Å². The summed E-state index contributed by atoms with van der Waals surface area (Å²) in [5, 5.41) is 0. The van der Waals surface area contributed by atoms with Crippen LogP contribution >= 0.6 is 0 Å². The van der Waals surface area contributed by atoms with E-state index in [2.05, 4.69) is 0 Å². The number of nitrogens with one attached hydrogen (secondary N) is 1. The molecule has 0 aromatic heterocycles. The molecule has 0 aliphatic rings. The molecule has 0 aliphatic heterocycles. The maximum atomic E-state index is 13.5. The molecular formula is C13H11F3N2O2S. The van der Waals surface area contributed by atoms with Gasteiger partial charge in [-0.2, -0.15) is 0 Å². The summed E-state index contributed by atoms with van der Waals surface area (Å²) in [6.45, 7) is 1.25. The van der Waals surface area contributed by atoms with Gasteiger partial charge in [0.25, 0.3) is 10.0 Å². The van der Waals surface area contributed by atoms with Gasteiger partial charge in [-0.15, -0.1) is 0 Å². The van der Waals surface area contributed by atoms with Crippen molar-refractivity contribution < 1.29 is 21.6 Å². The Kier molecular flexibility index (Phi) is 3.82. The first-order valence-corrected chi connectivity index (χ1v) is 7.22. The highest BCUT2D eigenvalue weighted by Gasteiger charge is 2.21. The van der Waals surface area contributed by atoms with Gasteiger partial charge in [-0.1, -0.05) is 0 Å². The molecule has 0 heterocycles. The van der Waals surface area contributed by atoms with Crippen LogP contribution in [0.5, 0.6) is 0 Å². The summed E-state index contributed by atoms with van der Waals surface area (Å²) in [7, 11) is -4.26. The van der Waals surface area contributed by atoms with E-state index in [4.69, 9.17) is 5.73 Å². The summed E-state index contributed by atoms with van der Waals surface area (Å²) >= 11 is 0. The Bertz CT molecular complexity index is 807. The zero-order chi connectivity index (χ0) is 15.8. The van der Waals surface area contributed by atoms with E-state index in [1.165, 1.54) is 6.92 Å². The lowest BCUT2D eigenvalue weighted by atomic mass is 10.2. The lowest BCUT2D eigenvalue weighted by Crippen LogP contribution is -2.16. The largest absolute Gasteiger partial charge is 0.399 e. The van der Waals surface area contributed by atoms with Crippen molar-refractivity contribution in [3.8, 4) is 0 Å². The highest BCUT2D eigenvalue weighted by atomic mass is 32.2. The third-order valence-corrected chi connectivity index (χ3v) is 4.28. The molecule has 2 rings (SSSR count). The fourth-order valence-electron chi connectivity index (χ4n) is 1.72. The molecule has 2 aromatic carbocycles. The van der Waals surface area contributed by atoms with Gasteiger partial charge in [-0.05, 0) is 31.2 Å². The van der Waals surface area contributed by atoms with Crippen molar-refractivity contribution in [1.29, 1.82) is 0 Å². The maximum Gasteiger partial charge on any atom is 0.262 e. The quantitative estimate of drug-likeness (QED) is 0.855. The Hall–Kier alpha value is -2.22. The molecular weight excluding hydrogens is 305 g/mol. The number of sulfonamides is 1.